The summed E-state index contributed by atoms with van der Waals surface area (Å²) in [6.45, 7) is 16.9. The van der Waals surface area contributed by atoms with Gasteiger partial charge in [0.1, 0.15) is 0 Å². The van der Waals surface area contributed by atoms with Crippen molar-refractivity contribution in [1.82, 2.24) is 0 Å². The number of hydrogen-bond acceptors (Lipinski definition) is 4. The summed E-state index contributed by atoms with van der Waals surface area (Å²) in [5.74, 6) is 4.05. The molecule has 0 spiro atoms. The second-order valence-corrected chi connectivity index (χ2v) is 56.8. The number of aryl methyl sites for hydroxylation is 6. The van der Waals surface area contributed by atoms with Crippen molar-refractivity contribution < 1.29 is 33.3 Å². The fourth-order valence-electron chi connectivity index (χ4n) is 9.42. The SMILES string of the molecule is COc1c(Cl)cc(-c2c(C)ccc3c2C=C(c2cc(C)c(C)o2)[CH]3[Zr]([Cl])([Cl])([CH]2C(c3cc(C)c(C)o3)=Cc3c2ccc(C)c3-c2cc(Cl)c(OC)c(Cl)c2)=[Si](C)C)cc1Cl. The predicted molar refractivity (Wildman–Crippen MR) is 253 cm³/mol. The van der Waals surface area contributed by atoms with Crippen LogP contribution in [0.2, 0.25) is 33.2 Å². The van der Waals surface area contributed by atoms with Gasteiger partial charge in [-0.2, -0.15) is 0 Å². The van der Waals surface area contributed by atoms with Crippen LogP contribution in [0.1, 0.15) is 74.8 Å². The van der Waals surface area contributed by atoms with E-state index in [0.29, 0.717) is 31.6 Å². The predicted octanol–water partition coefficient (Wildman–Crippen LogP) is 16.8. The molecule has 2 aliphatic rings. The van der Waals surface area contributed by atoms with Crippen molar-refractivity contribution in [2.45, 2.75) is 61.9 Å². The van der Waals surface area contributed by atoms with Crippen molar-refractivity contribution in [2.75, 3.05) is 14.2 Å². The summed E-state index contributed by atoms with van der Waals surface area (Å²) in [6.07, 6.45) is 4.49. The summed E-state index contributed by atoms with van der Waals surface area (Å²) < 4.78 is 23.6. The number of allylic oxidation sites excluding steroid dienone is 2. The molecule has 0 saturated carbocycles. The van der Waals surface area contributed by atoms with Crippen LogP contribution in [0.5, 0.6) is 11.5 Å². The molecule has 4 nitrogen and oxygen atoms in total. The van der Waals surface area contributed by atoms with E-state index in [9.17, 15) is 0 Å². The van der Waals surface area contributed by atoms with Gasteiger partial charge in [-0.15, -0.1) is 0 Å². The number of benzene rings is 4. The topological polar surface area (TPSA) is 44.7 Å². The molecule has 2 aromatic heterocycles. The van der Waals surface area contributed by atoms with Crippen molar-refractivity contribution >= 4 is 92.2 Å². The molecular weight excluding hydrogens is 973 g/mol. The minimum atomic E-state index is -5.60. The zero-order valence-electron chi connectivity index (χ0n) is 35.0. The molecular formula is C48H44Cl6O4SiZr. The van der Waals surface area contributed by atoms with Gasteiger partial charge in [0.15, 0.2) is 0 Å². The number of fused-ring (bicyclic) bond motifs is 2. The van der Waals surface area contributed by atoms with Gasteiger partial charge < -0.3 is 0 Å². The Morgan fingerprint density at radius 2 is 0.883 bits per heavy atom. The summed E-state index contributed by atoms with van der Waals surface area (Å²) >= 11 is 21.7. The van der Waals surface area contributed by atoms with Gasteiger partial charge in [-0.25, -0.2) is 0 Å². The van der Waals surface area contributed by atoms with Gasteiger partial charge in [-0.1, -0.05) is 0 Å². The fraction of sp³-hybridized carbons (Fsp3) is 0.250. The Kier molecular flexibility index (Phi) is 11.6. The second kappa shape index (κ2) is 15.9. The van der Waals surface area contributed by atoms with Crippen molar-refractivity contribution in [1.29, 1.82) is 0 Å². The first kappa shape index (κ1) is 44.0. The number of ether oxygens (including phenoxy) is 2. The quantitative estimate of drug-likeness (QED) is 0.143. The Bertz CT molecular complexity index is 2690. The maximum atomic E-state index is 8.97. The molecule has 2 atom stereocenters. The molecule has 12 heteroatoms. The number of hydrogen-bond donors (Lipinski definition) is 0. The molecule has 0 bridgehead atoms. The maximum absolute atomic E-state index is 8.97. The average molecular weight is 1020 g/mol. The molecule has 2 unspecified atom stereocenters. The van der Waals surface area contributed by atoms with Gasteiger partial charge in [-0.3, -0.25) is 0 Å². The Hall–Kier alpha value is -2.64. The molecule has 0 aliphatic heterocycles. The first-order valence-electron chi connectivity index (χ1n) is 19.6. The standard InChI is InChI=1S/2C23H19Cl2O2.C2H6Si.2ClH.Zr/c2*1-12-5-6-15-8-16(21-7-13(2)14(3)27-21)9-18(15)22(12)17-10-19(24)23(26-4)20(25)11-17;1-3-2;;;/h2*5-11H,1-4H3;1-2H3;2*1H;/q;;;;;+2/p-2. The fourth-order valence-corrected chi connectivity index (χ4v) is 38.4. The number of rotatable bonds is 8. The van der Waals surface area contributed by atoms with Crippen LogP contribution >= 0.6 is 63.4 Å². The summed E-state index contributed by atoms with van der Waals surface area (Å²) in [7, 11) is 21.1. The molecule has 2 heterocycles. The molecule has 0 radical (unpaired) electrons. The van der Waals surface area contributed by atoms with E-state index in [0.717, 1.165) is 101 Å². The Labute approximate surface area is 380 Å². The third-order valence-corrected chi connectivity index (χ3v) is 60.1. The van der Waals surface area contributed by atoms with Crippen LogP contribution in [-0.4, -0.2) is 19.7 Å². The monoisotopic (exact) mass is 1010 g/mol. The summed E-state index contributed by atoms with van der Waals surface area (Å²) in [5.41, 5.74) is 12.5. The van der Waals surface area contributed by atoms with E-state index in [-0.39, 0.29) is 7.25 Å². The van der Waals surface area contributed by atoms with Crippen LogP contribution in [0.15, 0.2) is 69.5 Å². The van der Waals surface area contributed by atoms with E-state index >= 15 is 0 Å². The zero-order chi connectivity index (χ0) is 43.3. The molecule has 60 heavy (non-hydrogen) atoms. The van der Waals surface area contributed by atoms with E-state index in [1.165, 1.54) is 0 Å². The third-order valence-electron chi connectivity index (χ3n) is 12.7. The Balaban J connectivity index is 1.47. The van der Waals surface area contributed by atoms with Crippen molar-refractivity contribution in [3.8, 4) is 33.8 Å². The van der Waals surface area contributed by atoms with Gasteiger partial charge in [0.05, 0.1) is 0 Å². The molecule has 4 aromatic carbocycles. The molecule has 0 saturated heterocycles. The van der Waals surface area contributed by atoms with Crippen LogP contribution < -0.4 is 9.47 Å². The summed E-state index contributed by atoms with van der Waals surface area (Å²) in [5, 5.41) is 1.69. The van der Waals surface area contributed by atoms with E-state index in [4.69, 9.17) is 81.7 Å². The number of furan rings is 2. The van der Waals surface area contributed by atoms with Crippen LogP contribution in [0.4, 0.5) is 0 Å². The number of halogens is 6. The first-order chi connectivity index (χ1) is 28.3. The third kappa shape index (κ3) is 6.78. The van der Waals surface area contributed by atoms with Gasteiger partial charge in [0, 0.05) is 0 Å². The molecule has 6 aromatic rings. The molecule has 310 valence electrons. The van der Waals surface area contributed by atoms with Crippen LogP contribution in [0.25, 0.3) is 45.6 Å². The zero-order valence-corrected chi connectivity index (χ0v) is 43.0. The molecule has 2 aliphatic carbocycles. The molecule has 0 amide bonds. The minimum absolute atomic E-state index is 0.381. The van der Waals surface area contributed by atoms with Gasteiger partial charge in [-0.05, 0) is 0 Å². The Morgan fingerprint density at radius 1 is 0.533 bits per heavy atom. The normalized spacial score (nSPS) is 16.1. The van der Waals surface area contributed by atoms with E-state index in [2.05, 4.69) is 89.3 Å². The average Bonchev–Trinajstić information content (AvgIpc) is 3.94. The van der Waals surface area contributed by atoms with E-state index < -0.39 is 20.4 Å². The van der Waals surface area contributed by atoms with Crippen molar-refractivity contribution in [3.05, 3.63) is 148 Å². The second-order valence-electron chi connectivity index (χ2n) is 16.4. The van der Waals surface area contributed by atoms with Gasteiger partial charge >= 0.3 is 384 Å². The van der Waals surface area contributed by atoms with Crippen LogP contribution in [0, 0.1) is 41.5 Å². The summed E-state index contributed by atoms with van der Waals surface area (Å²) in [4.78, 5) is 0. The van der Waals surface area contributed by atoms with E-state index in [1.807, 2.05) is 38.1 Å². The molecule has 0 fully saturated rings. The van der Waals surface area contributed by atoms with Gasteiger partial charge in [0.25, 0.3) is 0 Å². The Morgan fingerprint density at radius 3 is 1.17 bits per heavy atom. The first-order valence-corrected chi connectivity index (χ1v) is 36.5. The van der Waals surface area contributed by atoms with Crippen molar-refractivity contribution in [2.24, 2.45) is 0 Å². The van der Waals surface area contributed by atoms with E-state index in [1.54, 1.807) is 14.2 Å². The van der Waals surface area contributed by atoms with Crippen LogP contribution in [0.3, 0.4) is 0 Å². The molecule has 0 N–H and O–H groups in total. The van der Waals surface area contributed by atoms with Crippen molar-refractivity contribution in [3.63, 3.8) is 0 Å². The number of methoxy groups -OCH3 is 2. The van der Waals surface area contributed by atoms with Gasteiger partial charge in [0.2, 0.25) is 0 Å². The molecule has 8 rings (SSSR count). The summed E-state index contributed by atoms with van der Waals surface area (Å²) in [6, 6.07) is 20.6. The van der Waals surface area contributed by atoms with Crippen LogP contribution in [-0.2, 0) is 15.0 Å².